The number of carboxylic acids is 1. The first-order chi connectivity index (χ1) is 14.8. The van der Waals surface area contributed by atoms with Gasteiger partial charge in [-0.1, -0.05) is 6.07 Å². The van der Waals surface area contributed by atoms with Gasteiger partial charge in [0.25, 0.3) is 0 Å². The van der Waals surface area contributed by atoms with E-state index in [1.807, 2.05) is 19.9 Å². The third-order valence-corrected chi connectivity index (χ3v) is 5.21. The Labute approximate surface area is 180 Å². The first kappa shape index (κ1) is 22.4. The molecule has 0 aliphatic carbocycles. The summed E-state index contributed by atoms with van der Waals surface area (Å²) < 4.78 is 25.2. The predicted molar refractivity (Wildman–Crippen MR) is 114 cm³/mol. The Morgan fingerprint density at radius 2 is 1.84 bits per heavy atom. The number of hydrogen-bond acceptors (Lipinski definition) is 4. The van der Waals surface area contributed by atoms with Crippen LogP contribution >= 0.6 is 0 Å². The summed E-state index contributed by atoms with van der Waals surface area (Å²) >= 11 is 0. The highest BCUT2D eigenvalue weighted by Gasteiger charge is 2.34. The van der Waals surface area contributed by atoms with Crippen molar-refractivity contribution in [2.45, 2.75) is 39.7 Å². The Morgan fingerprint density at radius 1 is 1.16 bits per heavy atom. The molecule has 1 aliphatic rings. The van der Waals surface area contributed by atoms with Crippen molar-refractivity contribution in [3.63, 3.8) is 0 Å². The number of fused-ring (bicyclic) bond motifs is 1. The van der Waals surface area contributed by atoms with Crippen molar-refractivity contribution in [2.75, 3.05) is 25.1 Å². The number of rotatable bonds is 7. The zero-order valence-corrected chi connectivity index (χ0v) is 17.9. The van der Waals surface area contributed by atoms with Gasteiger partial charge in [0.1, 0.15) is 5.82 Å². The van der Waals surface area contributed by atoms with Crippen LogP contribution < -0.4 is 14.8 Å². The normalized spacial score (nSPS) is 15.2. The van der Waals surface area contributed by atoms with Crippen LogP contribution in [0.25, 0.3) is 0 Å². The van der Waals surface area contributed by atoms with E-state index in [0.717, 1.165) is 5.56 Å². The Bertz CT molecular complexity index is 979. The standard InChI is InChI=1S/C23H27FN2O5/c1-4-30-20-10-15-8-9-26(23(29)25-16-7-6-14(3)18(24)11-16)19(13-22(27)28)17(15)12-21(20)31-5-2/h6-7,10-12,19H,4-5,8-9,13H2,1-3H3,(H,25,29)(H,27,28)/t19-/m1/s1. The molecule has 8 heteroatoms. The number of anilines is 1. The molecule has 2 aromatic rings. The van der Waals surface area contributed by atoms with Gasteiger partial charge in [-0.3, -0.25) is 4.79 Å². The molecule has 2 aromatic carbocycles. The number of amides is 2. The minimum Gasteiger partial charge on any atom is -0.490 e. The van der Waals surface area contributed by atoms with Crippen molar-refractivity contribution < 1.29 is 28.6 Å². The minimum atomic E-state index is -1.02. The van der Waals surface area contributed by atoms with Gasteiger partial charge in [0.05, 0.1) is 25.7 Å². The van der Waals surface area contributed by atoms with E-state index in [4.69, 9.17) is 9.47 Å². The fourth-order valence-corrected chi connectivity index (χ4v) is 3.74. The maximum atomic E-state index is 13.9. The SMILES string of the molecule is CCOc1cc2c(cc1OCC)[C@@H](CC(=O)O)N(C(=O)Nc1ccc(C)c(F)c1)CC2. The number of halogens is 1. The molecule has 0 spiro atoms. The van der Waals surface area contributed by atoms with Crippen molar-refractivity contribution >= 4 is 17.7 Å². The molecule has 0 radical (unpaired) electrons. The highest BCUT2D eigenvalue weighted by molar-refractivity contribution is 5.90. The van der Waals surface area contributed by atoms with Crippen molar-refractivity contribution in [1.29, 1.82) is 0 Å². The lowest BCUT2D eigenvalue weighted by molar-refractivity contribution is -0.138. The number of nitrogens with one attached hydrogen (secondary N) is 1. The fraction of sp³-hybridized carbons (Fsp3) is 0.391. The van der Waals surface area contributed by atoms with Crippen LogP contribution in [0, 0.1) is 12.7 Å². The number of carbonyl (C=O) groups is 2. The Kier molecular flexibility index (Phi) is 6.99. The maximum Gasteiger partial charge on any atom is 0.322 e. The first-order valence-corrected chi connectivity index (χ1v) is 10.3. The van der Waals surface area contributed by atoms with E-state index in [9.17, 15) is 19.1 Å². The highest BCUT2D eigenvalue weighted by atomic mass is 19.1. The number of ether oxygens (including phenoxy) is 2. The molecule has 0 saturated carbocycles. The van der Waals surface area contributed by atoms with Crippen molar-refractivity contribution in [2.24, 2.45) is 0 Å². The van der Waals surface area contributed by atoms with E-state index in [2.05, 4.69) is 5.32 Å². The molecule has 0 saturated heterocycles. The summed E-state index contributed by atoms with van der Waals surface area (Å²) in [5, 5.41) is 12.2. The van der Waals surface area contributed by atoms with Crippen LogP contribution in [0.5, 0.6) is 11.5 Å². The highest BCUT2D eigenvalue weighted by Crippen LogP contribution is 2.40. The number of hydrogen-bond donors (Lipinski definition) is 2. The second kappa shape index (κ2) is 9.68. The van der Waals surface area contributed by atoms with Gasteiger partial charge in [-0.15, -0.1) is 0 Å². The van der Waals surface area contributed by atoms with Gasteiger partial charge in [0.2, 0.25) is 0 Å². The van der Waals surface area contributed by atoms with Crippen LogP contribution in [-0.4, -0.2) is 41.8 Å². The average molecular weight is 430 g/mol. The second-order valence-electron chi connectivity index (χ2n) is 7.31. The molecule has 0 bridgehead atoms. The van der Waals surface area contributed by atoms with Crippen LogP contribution in [0.3, 0.4) is 0 Å². The van der Waals surface area contributed by atoms with Gasteiger partial charge >= 0.3 is 12.0 Å². The average Bonchev–Trinajstić information content (AvgIpc) is 2.71. The number of urea groups is 1. The van der Waals surface area contributed by atoms with Gasteiger partial charge in [-0.25, -0.2) is 9.18 Å². The second-order valence-corrected chi connectivity index (χ2v) is 7.31. The molecule has 0 fully saturated rings. The third-order valence-electron chi connectivity index (χ3n) is 5.21. The van der Waals surface area contributed by atoms with Gasteiger partial charge < -0.3 is 24.8 Å². The smallest absolute Gasteiger partial charge is 0.322 e. The molecular weight excluding hydrogens is 403 g/mol. The lowest BCUT2D eigenvalue weighted by atomic mass is 9.90. The summed E-state index contributed by atoms with van der Waals surface area (Å²) in [5.74, 6) is -0.330. The van der Waals surface area contributed by atoms with Crippen LogP contribution in [0.1, 0.15) is 43.0 Å². The number of carbonyl (C=O) groups excluding carboxylic acids is 1. The van der Waals surface area contributed by atoms with E-state index in [-0.39, 0.29) is 6.42 Å². The molecule has 0 unspecified atom stereocenters. The third kappa shape index (κ3) is 5.07. The summed E-state index contributed by atoms with van der Waals surface area (Å²) in [4.78, 5) is 26.1. The molecule has 1 heterocycles. The molecule has 31 heavy (non-hydrogen) atoms. The molecule has 1 atom stereocenters. The monoisotopic (exact) mass is 430 g/mol. The Hall–Kier alpha value is -3.29. The lowest BCUT2D eigenvalue weighted by Crippen LogP contribution is -2.43. The molecule has 0 aromatic heterocycles. The van der Waals surface area contributed by atoms with Gasteiger partial charge in [0, 0.05) is 12.2 Å². The Morgan fingerprint density at radius 3 is 2.45 bits per heavy atom. The summed E-state index contributed by atoms with van der Waals surface area (Å²) in [6, 6.07) is 6.90. The van der Waals surface area contributed by atoms with E-state index in [1.165, 1.54) is 11.0 Å². The van der Waals surface area contributed by atoms with Gasteiger partial charge in [-0.05, 0) is 68.1 Å². The van der Waals surface area contributed by atoms with Crippen LogP contribution in [0.15, 0.2) is 30.3 Å². The predicted octanol–water partition coefficient (Wildman–Crippen LogP) is 4.54. The molecule has 3 rings (SSSR count). The lowest BCUT2D eigenvalue weighted by Gasteiger charge is -2.37. The largest absolute Gasteiger partial charge is 0.490 e. The van der Waals surface area contributed by atoms with Crippen molar-refractivity contribution in [1.82, 2.24) is 4.90 Å². The van der Waals surface area contributed by atoms with Crippen LogP contribution in [0.4, 0.5) is 14.9 Å². The van der Waals surface area contributed by atoms with Crippen molar-refractivity contribution in [3.05, 3.63) is 52.8 Å². The number of aliphatic carboxylic acids is 1. The summed E-state index contributed by atoms with van der Waals surface area (Å²) in [7, 11) is 0. The zero-order chi connectivity index (χ0) is 22.5. The van der Waals surface area contributed by atoms with E-state index in [1.54, 1.807) is 25.1 Å². The number of aryl methyl sites for hydroxylation is 1. The number of carboxylic acid groups (broad SMARTS) is 1. The van der Waals surface area contributed by atoms with E-state index >= 15 is 0 Å². The van der Waals surface area contributed by atoms with E-state index in [0.29, 0.717) is 54.5 Å². The summed E-state index contributed by atoms with van der Waals surface area (Å²) in [6.45, 7) is 6.58. The molecule has 2 N–H and O–H groups in total. The topological polar surface area (TPSA) is 88.1 Å². The molecule has 1 aliphatic heterocycles. The van der Waals surface area contributed by atoms with E-state index < -0.39 is 23.9 Å². The zero-order valence-electron chi connectivity index (χ0n) is 17.9. The van der Waals surface area contributed by atoms with Crippen LogP contribution in [-0.2, 0) is 11.2 Å². The van der Waals surface area contributed by atoms with Crippen LogP contribution in [0.2, 0.25) is 0 Å². The van der Waals surface area contributed by atoms with Gasteiger partial charge in [-0.2, -0.15) is 0 Å². The fourth-order valence-electron chi connectivity index (χ4n) is 3.74. The minimum absolute atomic E-state index is 0.262. The molecule has 7 nitrogen and oxygen atoms in total. The summed E-state index contributed by atoms with van der Waals surface area (Å²) in [5.41, 5.74) is 2.42. The first-order valence-electron chi connectivity index (χ1n) is 10.3. The maximum absolute atomic E-state index is 13.9. The Balaban J connectivity index is 1.94. The van der Waals surface area contributed by atoms with Gasteiger partial charge in [0.15, 0.2) is 11.5 Å². The quantitative estimate of drug-likeness (QED) is 0.673. The van der Waals surface area contributed by atoms with Crippen molar-refractivity contribution in [3.8, 4) is 11.5 Å². The number of nitrogens with zero attached hydrogens (tertiary/aromatic N) is 1. The molecule has 166 valence electrons. The molecular formula is C23H27FN2O5. The summed E-state index contributed by atoms with van der Waals surface area (Å²) in [6.07, 6.45) is 0.274. The number of benzene rings is 2. The molecule has 2 amide bonds.